The SMILES string of the molecule is CCC(NC(C)(CC)CCO)C(N)=NO. The number of hydrogen-bond donors (Lipinski definition) is 4. The van der Waals surface area contributed by atoms with Crippen LogP contribution in [0.2, 0.25) is 0 Å². The molecule has 0 aromatic rings. The fraction of sp³-hybridized carbons (Fsp3) is 0.900. The Labute approximate surface area is 91.4 Å². The molecule has 2 atom stereocenters. The zero-order chi connectivity index (χ0) is 11.9. The lowest BCUT2D eigenvalue weighted by molar-refractivity contribution is 0.209. The molecule has 5 heteroatoms. The van der Waals surface area contributed by atoms with E-state index in [9.17, 15) is 0 Å². The summed E-state index contributed by atoms with van der Waals surface area (Å²) in [5.74, 6) is 0.190. The Morgan fingerprint density at radius 1 is 1.53 bits per heavy atom. The Balaban J connectivity index is 4.49. The van der Waals surface area contributed by atoms with Crippen molar-refractivity contribution >= 4 is 5.84 Å². The Kier molecular flexibility index (Phi) is 6.27. The van der Waals surface area contributed by atoms with Crippen LogP contribution < -0.4 is 11.1 Å². The number of hydrogen-bond acceptors (Lipinski definition) is 4. The predicted molar refractivity (Wildman–Crippen MR) is 61.0 cm³/mol. The van der Waals surface area contributed by atoms with Gasteiger partial charge in [-0.15, -0.1) is 0 Å². The molecular formula is C10H23N3O2. The minimum absolute atomic E-state index is 0.129. The number of aliphatic hydroxyl groups excluding tert-OH is 1. The van der Waals surface area contributed by atoms with Crippen LogP contribution in [0.1, 0.15) is 40.0 Å². The monoisotopic (exact) mass is 217 g/mol. The number of nitrogens with one attached hydrogen (secondary N) is 1. The Morgan fingerprint density at radius 2 is 2.13 bits per heavy atom. The second kappa shape index (κ2) is 6.63. The first-order valence-electron chi connectivity index (χ1n) is 5.39. The standard InChI is InChI=1S/C10H23N3O2/c1-4-8(9(11)13-15)12-10(3,5-2)6-7-14/h8,12,14-15H,4-7H2,1-3H3,(H2,11,13). The minimum atomic E-state index is -0.176. The van der Waals surface area contributed by atoms with Crippen molar-refractivity contribution in [3.63, 3.8) is 0 Å². The van der Waals surface area contributed by atoms with Crippen LogP contribution in [-0.2, 0) is 0 Å². The van der Waals surface area contributed by atoms with E-state index in [4.69, 9.17) is 16.0 Å². The quantitative estimate of drug-likeness (QED) is 0.218. The number of rotatable bonds is 7. The molecule has 0 fully saturated rings. The van der Waals surface area contributed by atoms with Crippen molar-refractivity contribution in [2.75, 3.05) is 6.61 Å². The molecule has 0 saturated heterocycles. The normalized spacial score (nSPS) is 18.5. The first-order valence-corrected chi connectivity index (χ1v) is 5.39. The molecule has 0 saturated carbocycles. The van der Waals surface area contributed by atoms with Gasteiger partial charge in [0.2, 0.25) is 0 Å². The molecule has 0 aliphatic carbocycles. The molecule has 15 heavy (non-hydrogen) atoms. The average molecular weight is 217 g/mol. The summed E-state index contributed by atoms with van der Waals surface area (Å²) in [6.45, 7) is 6.16. The fourth-order valence-corrected chi connectivity index (χ4v) is 1.47. The van der Waals surface area contributed by atoms with E-state index < -0.39 is 0 Å². The highest BCUT2D eigenvalue weighted by Crippen LogP contribution is 2.15. The van der Waals surface area contributed by atoms with E-state index in [0.717, 1.165) is 12.8 Å². The van der Waals surface area contributed by atoms with Crippen molar-refractivity contribution < 1.29 is 10.3 Å². The number of oxime groups is 1. The maximum Gasteiger partial charge on any atom is 0.156 e. The third kappa shape index (κ3) is 4.48. The number of aliphatic hydroxyl groups is 1. The molecule has 0 heterocycles. The second-order valence-electron chi connectivity index (χ2n) is 4.02. The predicted octanol–water partition coefficient (Wildman–Crippen LogP) is 0.652. The first-order chi connectivity index (χ1) is 7.02. The van der Waals surface area contributed by atoms with Crippen LogP contribution >= 0.6 is 0 Å². The largest absolute Gasteiger partial charge is 0.409 e. The van der Waals surface area contributed by atoms with Gasteiger partial charge in [-0.25, -0.2) is 0 Å². The van der Waals surface area contributed by atoms with Crippen molar-refractivity contribution in [1.82, 2.24) is 5.32 Å². The maximum atomic E-state index is 8.96. The summed E-state index contributed by atoms with van der Waals surface area (Å²) in [6, 6.07) is -0.147. The van der Waals surface area contributed by atoms with Gasteiger partial charge in [0.15, 0.2) is 5.84 Å². The summed E-state index contributed by atoms with van der Waals surface area (Å²) >= 11 is 0. The number of nitrogens with zero attached hydrogens (tertiary/aromatic N) is 1. The number of nitrogens with two attached hydrogens (primary N) is 1. The zero-order valence-electron chi connectivity index (χ0n) is 9.82. The van der Waals surface area contributed by atoms with Crippen molar-refractivity contribution in [2.24, 2.45) is 10.9 Å². The van der Waals surface area contributed by atoms with Crippen molar-refractivity contribution in [3.05, 3.63) is 0 Å². The maximum absolute atomic E-state index is 8.96. The summed E-state index contributed by atoms with van der Waals surface area (Å²) in [4.78, 5) is 0. The zero-order valence-corrected chi connectivity index (χ0v) is 9.82. The van der Waals surface area contributed by atoms with Crippen LogP contribution in [0.5, 0.6) is 0 Å². The Morgan fingerprint density at radius 3 is 2.47 bits per heavy atom. The molecule has 0 rings (SSSR count). The van der Waals surface area contributed by atoms with Gasteiger partial charge in [-0.2, -0.15) is 0 Å². The van der Waals surface area contributed by atoms with Gasteiger partial charge in [-0.3, -0.25) is 0 Å². The molecule has 5 N–H and O–H groups in total. The molecule has 5 nitrogen and oxygen atoms in total. The highest BCUT2D eigenvalue weighted by atomic mass is 16.4. The summed E-state index contributed by atoms with van der Waals surface area (Å²) in [7, 11) is 0. The van der Waals surface area contributed by atoms with Crippen molar-refractivity contribution in [1.29, 1.82) is 0 Å². The summed E-state index contributed by atoms with van der Waals surface area (Å²) in [5, 5.41) is 23.9. The van der Waals surface area contributed by atoms with Crippen LogP contribution in [0.3, 0.4) is 0 Å². The van der Waals surface area contributed by atoms with Gasteiger partial charge in [0, 0.05) is 12.1 Å². The van der Waals surface area contributed by atoms with Crippen LogP contribution in [0.25, 0.3) is 0 Å². The summed E-state index contributed by atoms with van der Waals surface area (Å²) in [5.41, 5.74) is 5.38. The van der Waals surface area contributed by atoms with Gasteiger partial charge < -0.3 is 21.4 Å². The molecule has 0 aliphatic rings. The Bertz CT molecular complexity index is 209. The van der Waals surface area contributed by atoms with E-state index in [1.165, 1.54) is 0 Å². The molecule has 0 bridgehead atoms. The molecular weight excluding hydrogens is 194 g/mol. The molecule has 90 valence electrons. The summed E-state index contributed by atoms with van der Waals surface area (Å²) in [6.07, 6.45) is 2.28. The van der Waals surface area contributed by atoms with Crippen LogP contribution in [0.4, 0.5) is 0 Å². The lowest BCUT2D eigenvalue weighted by atomic mass is 9.93. The second-order valence-corrected chi connectivity index (χ2v) is 4.02. The number of amidine groups is 1. The smallest absolute Gasteiger partial charge is 0.156 e. The van der Waals surface area contributed by atoms with Crippen molar-refractivity contribution in [2.45, 2.75) is 51.6 Å². The van der Waals surface area contributed by atoms with Gasteiger partial charge in [-0.05, 0) is 26.2 Å². The molecule has 0 spiro atoms. The van der Waals surface area contributed by atoms with E-state index in [-0.39, 0.29) is 24.0 Å². The molecule has 0 aliphatic heterocycles. The van der Waals surface area contributed by atoms with E-state index in [1.54, 1.807) is 0 Å². The van der Waals surface area contributed by atoms with Gasteiger partial charge in [0.1, 0.15) is 0 Å². The minimum Gasteiger partial charge on any atom is -0.409 e. The third-order valence-corrected chi connectivity index (χ3v) is 2.85. The van der Waals surface area contributed by atoms with Crippen molar-refractivity contribution in [3.8, 4) is 0 Å². The van der Waals surface area contributed by atoms with E-state index in [2.05, 4.69) is 10.5 Å². The van der Waals surface area contributed by atoms with Crippen LogP contribution in [0, 0.1) is 0 Å². The fourth-order valence-electron chi connectivity index (χ4n) is 1.47. The van der Waals surface area contributed by atoms with Crippen LogP contribution in [0.15, 0.2) is 5.16 Å². The first kappa shape index (κ1) is 14.2. The van der Waals surface area contributed by atoms with E-state index in [1.807, 2.05) is 20.8 Å². The van der Waals surface area contributed by atoms with E-state index in [0.29, 0.717) is 6.42 Å². The van der Waals surface area contributed by atoms with Crippen LogP contribution in [-0.4, -0.2) is 34.3 Å². The summed E-state index contributed by atoms with van der Waals surface area (Å²) < 4.78 is 0. The van der Waals surface area contributed by atoms with Gasteiger partial charge >= 0.3 is 0 Å². The van der Waals surface area contributed by atoms with E-state index >= 15 is 0 Å². The van der Waals surface area contributed by atoms with Gasteiger partial charge in [-0.1, -0.05) is 19.0 Å². The molecule has 0 aromatic heterocycles. The lowest BCUT2D eigenvalue weighted by Gasteiger charge is -2.33. The topological polar surface area (TPSA) is 90.9 Å². The molecule has 2 unspecified atom stereocenters. The Hall–Kier alpha value is -0.810. The molecule has 0 aromatic carbocycles. The molecule has 0 radical (unpaired) electrons. The molecule has 0 amide bonds. The third-order valence-electron chi connectivity index (χ3n) is 2.85. The highest BCUT2D eigenvalue weighted by Gasteiger charge is 2.25. The highest BCUT2D eigenvalue weighted by molar-refractivity contribution is 5.85. The van der Waals surface area contributed by atoms with Gasteiger partial charge in [0.25, 0.3) is 0 Å². The average Bonchev–Trinajstić information content (AvgIpc) is 2.25. The van der Waals surface area contributed by atoms with Gasteiger partial charge in [0.05, 0.1) is 6.04 Å². The lowest BCUT2D eigenvalue weighted by Crippen LogP contribution is -2.53.